The molecule has 7 nitrogen and oxygen atoms in total. The average molecular weight is 300 g/mol. The summed E-state index contributed by atoms with van der Waals surface area (Å²) in [7, 11) is 4.99. The Balaban J connectivity index is 2.11. The highest BCUT2D eigenvalue weighted by atomic mass is 16.5. The van der Waals surface area contributed by atoms with Crippen molar-refractivity contribution < 1.29 is 14.3 Å². The summed E-state index contributed by atoms with van der Waals surface area (Å²) in [6, 6.07) is -0.245. The first-order valence-electron chi connectivity index (χ1n) is 7.73. The van der Waals surface area contributed by atoms with Gasteiger partial charge in [-0.3, -0.25) is 10.6 Å². The van der Waals surface area contributed by atoms with Crippen molar-refractivity contribution >= 4 is 6.03 Å². The smallest absolute Gasteiger partial charge is 0.316 e. The van der Waals surface area contributed by atoms with Gasteiger partial charge in [-0.15, -0.1) is 0 Å². The summed E-state index contributed by atoms with van der Waals surface area (Å²) in [5.74, 6) is 0.435. The number of rotatable bonds is 4. The van der Waals surface area contributed by atoms with Crippen LogP contribution in [0.15, 0.2) is 0 Å². The molecule has 0 bridgehead atoms. The van der Waals surface area contributed by atoms with E-state index in [9.17, 15) is 4.79 Å². The number of carbonyl (C=O) groups is 1. The molecule has 1 aliphatic carbocycles. The molecule has 122 valence electrons. The maximum atomic E-state index is 11.6. The molecule has 1 aliphatic heterocycles. The Kier molecular flexibility index (Phi) is 5.80. The Labute approximate surface area is 126 Å². The second kappa shape index (κ2) is 7.40. The second-order valence-electron chi connectivity index (χ2n) is 5.82. The van der Waals surface area contributed by atoms with E-state index >= 15 is 0 Å². The van der Waals surface area contributed by atoms with E-state index in [0.717, 1.165) is 19.3 Å². The Morgan fingerprint density at radius 1 is 1.24 bits per heavy atom. The molecule has 7 heteroatoms. The molecule has 4 N–H and O–H groups in total. The van der Waals surface area contributed by atoms with Crippen molar-refractivity contribution in [1.29, 1.82) is 0 Å². The van der Waals surface area contributed by atoms with Crippen molar-refractivity contribution in [3.63, 3.8) is 0 Å². The van der Waals surface area contributed by atoms with E-state index in [-0.39, 0.29) is 18.5 Å². The highest BCUT2D eigenvalue weighted by Gasteiger charge is 2.46. The molecule has 0 spiro atoms. The van der Waals surface area contributed by atoms with Gasteiger partial charge in [-0.25, -0.2) is 4.79 Å². The fraction of sp³-hybridized carbons (Fsp3) is 0.929. The first-order chi connectivity index (χ1) is 10.1. The van der Waals surface area contributed by atoms with Crippen molar-refractivity contribution in [2.75, 3.05) is 21.3 Å². The zero-order valence-corrected chi connectivity index (χ0v) is 13.2. The molecule has 3 atom stereocenters. The predicted molar refractivity (Wildman–Crippen MR) is 79.4 cm³/mol. The molecule has 2 fully saturated rings. The summed E-state index contributed by atoms with van der Waals surface area (Å²) in [6.07, 6.45) is 6.22. The van der Waals surface area contributed by atoms with Gasteiger partial charge in [0, 0.05) is 33.6 Å². The molecule has 1 heterocycles. The molecule has 0 radical (unpaired) electrons. The van der Waals surface area contributed by atoms with Gasteiger partial charge in [-0.2, -0.15) is 0 Å². The third-order valence-corrected chi connectivity index (χ3v) is 4.65. The van der Waals surface area contributed by atoms with Crippen LogP contribution >= 0.6 is 0 Å². The molecule has 2 rings (SSSR count). The van der Waals surface area contributed by atoms with Crippen LogP contribution in [0.5, 0.6) is 0 Å². The Hall–Kier alpha value is -0.890. The SMILES string of the molecule is CNC(=O)NC1NC(OC)CC(OC)(C2CCCCC2)N1. The lowest BCUT2D eigenvalue weighted by atomic mass is 9.79. The van der Waals surface area contributed by atoms with E-state index in [1.165, 1.54) is 19.3 Å². The maximum absolute atomic E-state index is 11.6. The van der Waals surface area contributed by atoms with E-state index in [2.05, 4.69) is 21.3 Å². The van der Waals surface area contributed by atoms with Gasteiger partial charge in [-0.05, 0) is 12.8 Å². The lowest BCUT2D eigenvalue weighted by molar-refractivity contribution is -0.164. The van der Waals surface area contributed by atoms with Crippen LogP contribution in [0.25, 0.3) is 0 Å². The quantitative estimate of drug-likeness (QED) is 0.613. The van der Waals surface area contributed by atoms with Crippen LogP contribution in [0, 0.1) is 5.92 Å². The van der Waals surface area contributed by atoms with E-state index in [1.807, 2.05) is 0 Å². The molecule has 0 aromatic carbocycles. The first-order valence-corrected chi connectivity index (χ1v) is 7.73. The summed E-state index contributed by atoms with van der Waals surface area (Å²) in [6.45, 7) is 0. The fourth-order valence-electron chi connectivity index (χ4n) is 3.46. The summed E-state index contributed by atoms with van der Waals surface area (Å²) in [5, 5.41) is 12.0. The van der Waals surface area contributed by atoms with Gasteiger partial charge in [0.05, 0.1) is 0 Å². The third-order valence-electron chi connectivity index (χ3n) is 4.65. The van der Waals surface area contributed by atoms with Gasteiger partial charge < -0.3 is 20.1 Å². The molecular weight excluding hydrogens is 272 g/mol. The van der Waals surface area contributed by atoms with Crippen LogP contribution in [0.1, 0.15) is 38.5 Å². The number of carbonyl (C=O) groups excluding carboxylic acids is 1. The van der Waals surface area contributed by atoms with Gasteiger partial charge >= 0.3 is 6.03 Å². The monoisotopic (exact) mass is 300 g/mol. The molecule has 2 amide bonds. The summed E-state index contributed by atoms with van der Waals surface area (Å²) < 4.78 is 11.4. The molecule has 2 aliphatic rings. The lowest BCUT2D eigenvalue weighted by Gasteiger charge is -2.49. The number of ether oxygens (including phenoxy) is 2. The number of hydrogen-bond acceptors (Lipinski definition) is 5. The molecule has 1 saturated carbocycles. The average Bonchev–Trinajstić information content (AvgIpc) is 2.55. The Morgan fingerprint density at radius 3 is 2.52 bits per heavy atom. The number of nitrogens with one attached hydrogen (secondary N) is 4. The zero-order valence-electron chi connectivity index (χ0n) is 13.2. The van der Waals surface area contributed by atoms with Crippen LogP contribution in [0.4, 0.5) is 4.79 Å². The van der Waals surface area contributed by atoms with Crippen LogP contribution in [-0.2, 0) is 9.47 Å². The van der Waals surface area contributed by atoms with Crippen molar-refractivity contribution in [1.82, 2.24) is 21.3 Å². The molecule has 0 aromatic rings. The van der Waals surface area contributed by atoms with Gasteiger partial charge in [0.25, 0.3) is 0 Å². The standard InChI is InChI=1S/C14H28N4O3/c1-15-13(19)17-12-16-11(20-2)9-14(18-12,21-3)10-7-5-4-6-8-10/h10-12,16,18H,4-9H2,1-3H3,(H2,15,17,19). The molecule has 3 unspecified atom stereocenters. The van der Waals surface area contributed by atoms with Crippen molar-refractivity contribution in [3.05, 3.63) is 0 Å². The van der Waals surface area contributed by atoms with Crippen LogP contribution in [0.2, 0.25) is 0 Å². The van der Waals surface area contributed by atoms with Gasteiger partial charge in [0.2, 0.25) is 0 Å². The lowest BCUT2D eigenvalue weighted by Crippen LogP contribution is -2.73. The highest BCUT2D eigenvalue weighted by molar-refractivity contribution is 5.73. The van der Waals surface area contributed by atoms with Crippen LogP contribution < -0.4 is 21.3 Å². The fourth-order valence-corrected chi connectivity index (χ4v) is 3.46. The molecule has 0 aromatic heterocycles. The molecule has 1 saturated heterocycles. The Morgan fingerprint density at radius 2 is 1.95 bits per heavy atom. The zero-order chi connectivity index (χ0) is 15.3. The minimum atomic E-state index is -0.460. The second-order valence-corrected chi connectivity index (χ2v) is 5.82. The van der Waals surface area contributed by atoms with Gasteiger partial charge in [0.15, 0.2) is 0 Å². The summed E-state index contributed by atoms with van der Waals surface area (Å²) in [5.41, 5.74) is -0.460. The first kappa shape index (κ1) is 16.5. The minimum absolute atomic E-state index is 0.157. The summed E-state index contributed by atoms with van der Waals surface area (Å²) in [4.78, 5) is 11.6. The summed E-state index contributed by atoms with van der Waals surface area (Å²) >= 11 is 0. The highest BCUT2D eigenvalue weighted by Crippen LogP contribution is 2.37. The number of urea groups is 1. The normalized spacial score (nSPS) is 34.4. The number of methoxy groups -OCH3 is 2. The topological polar surface area (TPSA) is 83.7 Å². The maximum Gasteiger partial charge on any atom is 0.316 e. The number of amides is 2. The Bertz CT molecular complexity index is 349. The van der Waals surface area contributed by atoms with E-state index in [4.69, 9.17) is 9.47 Å². The van der Waals surface area contributed by atoms with E-state index in [0.29, 0.717) is 5.92 Å². The van der Waals surface area contributed by atoms with E-state index < -0.39 is 5.72 Å². The van der Waals surface area contributed by atoms with Gasteiger partial charge in [-0.1, -0.05) is 19.3 Å². The van der Waals surface area contributed by atoms with Crippen LogP contribution in [-0.4, -0.2) is 45.5 Å². The van der Waals surface area contributed by atoms with Crippen molar-refractivity contribution in [2.24, 2.45) is 5.92 Å². The molecular formula is C14H28N4O3. The largest absolute Gasteiger partial charge is 0.366 e. The predicted octanol–water partition coefficient (Wildman–Crippen LogP) is 0.677. The number of hydrogen-bond donors (Lipinski definition) is 4. The third kappa shape index (κ3) is 3.85. The van der Waals surface area contributed by atoms with Gasteiger partial charge in [0.1, 0.15) is 18.2 Å². The van der Waals surface area contributed by atoms with Crippen LogP contribution in [0.3, 0.4) is 0 Å². The minimum Gasteiger partial charge on any atom is -0.366 e. The molecule has 21 heavy (non-hydrogen) atoms. The van der Waals surface area contributed by atoms with Crippen molar-refractivity contribution in [2.45, 2.75) is 56.8 Å². The van der Waals surface area contributed by atoms with E-state index in [1.54, 1.807) is 21.3 Å². The van der Waals surface area contributed by atoms with Crippen molar-refractivity contribution in [3.8, 4) is 0 Å².